The molecule has 11 heteroatoms. The number of aromatic nitrogens is 2. The molecule has 0 bridgehead atoms. The van der Waals surface area contributed by atoms with Gasteiger partial charge in [0.2, 0.25) is 6.41 Å². The largest absolute Gasteiger partial charge is 0.497 e. The van der Waals surface area contributed by atoms with E-state index in [0.717, 1.165) is 74.0 Å². The highest BCUT2D eigenvalue weighted by Crippen LogP contribution is 2.33. The number of morpholine rings is 1. The third-order valence-electron chi connectivity index (χ3n) is 6.61. The Bertz CT molecular complexity index is 1470. The second kappa shape index (κ2) is 14.6. The molecule has 0 atom stereocenters. The number of nitrogens with one attached hydrogen (secondary N) is 3. The maximum absolute atomic E-state index is 9.89. The molecule has 3 heterocycles. The summed E-state index contributed by atoms with van der Waals surface area (Å²) in [7, 11) is 3.48. The van der Waals surface area contributed by atoms with Gasteiger partial charge in [-0.1, -0.05) is 6.07 Å². The fourth-order valence-corrected chi connectivity index (χ4v) is 4.41. The first-order valence-electron chi connectivity index (χ1n) is 13.3. The van der Waals surface area contributed by atoms with Crippen molar-refractivity contribution in [2.45, 2.75) is 6.92 Å². The average Bonchev–Trinajstić information content (AvgIpc) is 3.35. The molecule has 41 heavy (non-hydrogen) atoms. The van der Waals surface area contributed by atoms with Gasteiger partial charge in [-0.2, -0.15) is 10.4 Å². The van der Waals surface area contributed by atoms with Crippen LogP contribution in [0.15, 0.2) is 60.9 Å². The number of nitrogens with zero attached hydrogens (tertiary/aromatic N) is 4. The van der Waals surface area contributed by atoms with E-state index in [1.54, 1.807) is 17.8 Å². The number of amides is 1. The van der Waals surface area contributed by atoms with Crippen molar-refractivity contribution in [1.29, 1.82) is 5.26 Å². The minimum absolute atomic E-state index is 0.475. The summed E-state index contributed by atoms with van der Waals surface area (Å²) in [6, 6.07) is 17.2. The fraction of sp³-hybridized carbons (Fsp3) is 0.300. The van der Waals surface area contributed by atoms with Crippen molar-refractivity contribution in [2.75, 3.05) is 64.2 Å². The van der Waals surface area contributed by atoms with Crippen molar-refractivity contribution in [3.63, 3.8) is 0 Å². The van der Waals surface area contributed by atoms with E-state index in [-0.39, 0.29) is 0 Å². The van der Waals surface area contributed by atoms with Crippen LogP contribution in [-0.2, 0) is 9.53 Å². The Morgan fingerprint density at radius 1 is 1.12 bits per heavy atom. The Balaban J connectivity index is 0.000000296. The number of benzene rings is 2. The predicted molar refractivity (Wildman–Crippen MR) is 158 cm³/mol. The van der Waals surface area contributed by atoms with Gasteiger partial charge in [-0.05, 0) is 43.3 Å². The zero-order valence-corrected chi connectivity index (χ0v) is 23.5. The third kappa shape index (κ3) is 7.66. The van der Waals surface area contributed by atoms with Crippen LogP contribution < -0.4 is 25.4 Å². The normalized spacial score (nSPS) is 12.9. The van der Waals surface area contributed by atoms with Gasteiger partial charge in [-0.25, -0.2) is 4.52 Å². The number of anilines is 3. The van der Waals surface area contributed by atoms with E-state index in [1.807, 2.05) is 68.7 Å². The standard InChI is InChI=1S/C23H21N5O2.C7H14N2O2/c1-15-21(25-2)14-28-23(15)22(16(12-24)13-26-28)27-17-7-9-18(10-8-17)30-20-6-4-5-19(11-20)29-3;10-7-8-1-2-9-3-5-11-6-4-9/h4-11,13-14,25,27H,1-3H3;7H,1-6H2,(H,8,10). The molecule has 3 N–H and O–H groups in total. The van der Waals surface area contributed by atoms with Crippen LogP contribution in [0, 0.1) is 18.3 Å². The first kappa shape index (κ1) is 29.2. The minimum atomic E-state index is 0.475. The zero-order chi connectivity index (χ0) is 29.0. The van der Waals surface area contributed by atoms with Gasteiger partial charge >= 0.3 is 0 Å². The second-order valence-corrected chi connectivity index (χ2v) is 9.21. The van der Waals surface area contributed by atoms with E-state index in [9.17, 15) is 10.1 Å². The number of rotatable bonds is 10. The number of carbonyl (C=O) groups is 1. The summed E-state index contributed by atoms with van der Waals surface area (Å²) in [5.74, 6) is 2.13. The highest BCUT2D eigenvalue weighted by atomic mass is 16.5. The average molecular weight is 558 g/mol. The molecule has 0 spiro atoms. The summed E-state index contributed by atoms with van der Waals surface area (Å²) in [4.78, 5) is 12.2. The number of ether oxygens (including phenoxy) is 3. The van der Waals surface area contributed by atoms with Crippen LogP contribution in [-0.4, -0.2) is 74.5 Å². The van der Waals surface area contributed by atoms with Crippen LogP contribution in [0.5, 0.6) is 17.2 Å². The fourth-order valence-electron chi connectivity index (χ4n) is 4.41. The Labute approximate surface area is 239 Å². The molecule has 1 amide bonds. The molecule has 5 rings (SSSR count). The third-order valence-corrected chi connectivity index (χ3v) is 6.61. The molecule has 1 saturated heterocycles. The number of fused-ring (bicyclic) bond motifs is 1. The Hall–Kier alpha value is -4.79. The summed E-state index contributed by atoms with van der Waals surface area (Å²) in [6.07, 6.45) is 4.21. The summed E-state index contributed by atoms with van der Waals surface area (Å²) in [5, 5.41) is 23.1. The maximum atomic E-state index is 9.89. The molecule has 214 valence electrons. The van der Waals surface area contributed by atoms with Gasteiger partial charge in [0.25, 0.3) is 0 Å². The van der Waals surface area contributed by atoms with Crippen LogP contribution in [0.3, 0.4) is 0 Å². The molecule has 1 aliphatic rings. The van der Waals surface area contributed by atoms with Crippen LogP contribution in [0.1, 0.15) is 11.1 Å². The lowest BCUT2D eigenvalue weighted by Crippen LogP contribution is -2.40. The van der Waals surface area contributed by atoms with E-state index in [0.29, 0.717) is 22.7 Å². The molecule has 1 fully saturated rings. The molecule has 4 aromatic rings. The van der Waals surface area contributed by atoms with Gasteiger partial charge in [0, 0.05) is 50.5 Å². The zero-order valence-electron chi connectivity index (χ0n) is 23.5. The van der Waals surface area contributed by atoms with Crippen molar-refractivity contribution in [3.05, 3.63) is 72.1 Å². The number of carbonyl (C=O) groups excluding carboxylic acids is 1. The number of methoxy groups -OCH3 is 1. The molecule has 11 nitrogen and oxygen atoms in total. The number of hydrogen-bond acceptors (Lipinski definition) is 9. The number of nitriles is 1. The Morgan fingerprint density at radius 3 is 2.56 bits per heavy atom. The molecule has 0 radical (unpaired) electrons. The predicted octanol–water partition coefficient (Wildman–Crippen LogP) is 4.17. The maximum Gasteiger partial charge on any atom is 0.207 e. The van der Waals surface area contributed by atoms with Gasteiger partial charge in [0.15, 0.2) is 0 Å². The Kier molecular flexibility index (Phi) is 10.4. The van der Waals surface area contributed by atoms with E-state index in [1.165, 1.54) is 0 Å². The SMILES string of the molecule is CNc1cn2ncc(C#N)c(Nc3ccc(Oc4cccc(OC)c4)cc3)c2c1C.O=CNCCN1CCOCC1. The van der Waals surface area contributed by atoms with Gasteiger partial charge in [-0.3, -0.25) is 9.69 Å². The Morgan fingerprint density at radius 2 is 1.88 bits per heavy atom. The van der Waals surface area contributed by atoms with Crippen molar-refractivity contribution < 1.29 is 19.0 Å². The smallest absolute Gasteiger partial charge is 0.207 e. The van der Waals surface area contributed by atoms with Gasteiger partial charge in [0.1, 0.15) is 23.3 Å². The lowest BCUT2D eigenvalue weighted by Gasteiger charge is -2.26. The van der Waals surface area contributed by atoms with E-state index in [4.69, 9.17) is 14.2 Å². The van der Waals surface area contributed by atoms with Crippen LogP contribution in [0.25, 0.3) is 5.52 Å². The first-order valence-corrected chi connectivity index (χ1v) is 13.3. The summed E-state index contributed by atoms with van der Waals surface area (Å²) < 4.78 is 18.1. The summed E-state index contributed by atoms with van der Waals surface area (Å²) in [5.41, 5.74) is 4.86. The monoisotopic (exact) mass is 557 g/mol. The molecular formula is C30H35N7O4. The quantitative estimate of drug-likeness (QED) is 0.195. The molecule has 0 unspecified atom stereocenters. The lowest BCUT2D eigenvalue weighted by atomic mass is 10.1. The van der Waals surface area contributed by atoms with Crippen molar-refractivity contribution in [3.8, 4) is 23.3 Å². The molecule has 0 saturated carbocycles. The van der Waals surface area contributed by atoms with Crippen LogP contribution in [0.4, 0.5) is 17.1 Å². The molecule has 0 aliphatic carbocycles. The highest BCUT2D eigenvalue weighted by molar-refractivity contribution is 5.87. The number of hydrogen-bond donors (Lipinski definition) is 3. The van der Waals surface area contributed by atoms with E-state index in [2.05, 4.69) is 32.0 Å². The topological polar surface area (TPSA) is 125 Å². The van der Waals surface area contributed by atoms with E-state index < -0.39 is 0 Å². The van der Waals surface area contributed by atoms with Crippen molar-refractivity contribution in [1.82, 2.24) is 19.8 Å². The van der Waals surface area contributed by atoms with Crippen LogP contribution in [0.2, 0.25) is 0 Å². The summed E-state index contributed by atoms with van der Waals surface area (Å²) in [6.45, 7) is 7.29. The van der Waals surface area contributed by atoms with E-state index >= 15 is 0 Å². The van der Waals surface area contributed by atoms with Gasteiger partial charge in [0.05, 0.1) is 55.2 Å². The molecule has 2 aromatic carbocycles. The van der Waals surface area contributed by atoms with Gasteiger partial charge in [-0.15, -0.1) is 0 Å². The van der Waals surface area contributed by atoms with Gasteiger partial charge < -0.3 is 30.2 Å². The number of aryl methyl sites for hydroxylation is 1. The van der Waals surface area contributed by atoms with Crippen molar-refractivity contribution in [2.24, 2.45) is 0 Å². The molecule has 1 aliphatic heterocycles. The first-order chi connectivity index (χ1) is 20.1. The molecule has 2 aromatic heterocycles. The van der Waals surface area contributed by atoms with Crippen molar-refractivity contribution >= 4 is 29.0 Å². The second-order valence-electron chi connectivity index (χ2n) is 9.21. The lowest BCUT2D eigenvalue weighted by molar-refractivity contribution is -0.109. The van der Waals surface area contributed by atoms with Crippen LogP contribution >= 0.6 is 0 Å². The highest BCUT2D eigenvalue weighted by Gasteiger charge is 2.15. The molecular weight excluding hydrogens is 522 g/mol. The summed E-state index contributed by atoms with van der Waals surface area (Å²) >= 11 is 0. The minimum Gasteiger partial charge on any atom is -0.497 e.